The van der Waals surface area contributed by atoms with Gasteiger partial charge in [-0.25, -0.2) is 0 Å². The summed E-state index contributed by atoms with van der Waals surface area (Å²) in [5.41, 5.74) is 0.0266. The maximum Gasteiger partial charge on any atom is 0.152 e. The second-order valence-electron chi connectivity index (χ2n) is 1.91. The van der Waals surface area contributed by atoms with Crippen molar-refractivity contribution in [3.63, 3.8) is 0 Å². The quantitative estimate of drug-likeness (QED) is 0.774. The van der Waals surface area contributed by atoms with Crippen LogP contribution in [0.3, 0.4) is 0 Å². The molecule has 0 aliphatic heterocycles. The van der Waals surface area contributed by atoms with Gasteiger partial charge in [-0.1, -0.05) is 0 Å². The van der Waals surface area contributed by atoms with Crippen LogP contribution in [-0.2, 0) is 0 Å². The summed E-state index contributed by atoms with van der Waals surface area (Å²) in [5.74, 6) is 0. The molecule has 0 unspecified atom stereocenters. The fourth-order valence-corrected chi connectivity index (χ4v) is 1.49. The van der Waals surface area contributed by atoms with Crippen LogP contribution < -0.4 is 0 Å². The predicted octanol–water partition coefficient (Wildman–Crippen LogP) is 4.01. The second-order valence-corrected chi connectivity index (χ2v) is 3.62. The predicted molar refractivity (Wildman–Crippen MR) is 52.8 cm³/mol. The van der Waals surface area contributed by atoms with E-state index in [0.29, 0.717) is 8.95 Å². The summed E-state index contributed by atoms with van der Waals surface area (Å²) < 4.78 is 0.908. The molecule has 1 rings (SSSR count). The average Bonchev–Trinajstić information content (AvgIpc) is 2.08. The van der Waals surface area contributed by atoms with Crippen LogP contribution in [0.2, 0.25) is 0 Å². The zero-order valence-corrected chi connectivity index (χ0v) is 8.79. The van der Waals surface area contributed by atoms with Gasteiger partial charge in [0.1, 0.15) is 0 Å². The van der Waals surface area contributed by atoms with Crippen molar-refractivity contribution in [1.29, 1.82) is 0 Å². The molecule has 0 amide bonds. The number of hydrogen-bond acceptors (Lipinski definition) is 4. The summed E-state index contributed by atoms with van der Waals surface area (Å²) >= 11 is 6.14. The zero-order valence-electron chi connectivity index (χ0n) is 5.62. The van der Waals surface area contributed by atoms with Crippen LogP contribution in [0.5, 0.6) is 0 Å². The molecule has 0 radical (unpaired) electrons. The van der Waals surface area contributed by atoms with E-state index < -0.39 is 0 Å². The molecule has 6 heteroatoms. The summed E-state index contributed by atoms with van der Waals surface area (Å²) in [5, 5.41) is 5.36. The van der Waals surface area contributed by atoms with Gasteiger partial charge in [0.2, 0.25) is 0 Å². The Morgan fingerprint density at radius 1 is 0.917 bits per heavy atom. The van der Waals surface area contributed by atoms with E-state index in [2.05, 4.69) is 42.2 Å². The van der Waals surface area contributed by atoms with E-state index in [9.17, 15) is 9.81 Å². The lowest BCUT2D eigenvalue weighted by atomic mass is 10.3. The minimum absolute atomic E-state index is 0.0133. The van der Waals surface area contributed by atoms with E-state index in [1.165, 1.54) is 0 Å². The van der Waals surface area contributed by atoms with Crippen molar-refractivity contribution in [2.75, 3.05) is 0 Å². The Labute approximate surface area is 84.6 Å². The van der Waals surface area contributed by atoms with Gasteiger partial charge in [-0.05, 0) is 54.3 Å². The largest absolute Gasteiger partial charge is 0.152 e. The SMILES string of the molecule is O=Nc1c(Br)ccc(Br)c1N=O. The third-order valence-corrected chi connectivity index (χ3v) is 2.52. The summed E-state index contributed by atoms with van der Waals surface area (Å²) in [6, 6.07) is 3.21. The Morgan fingerprint density at radius 2 is 1.25 bits per heavy atom. The summed E-state index contributed by atoms with van der Waals surface area (Å²) in [7, 11) is 0. The lowest BCUT2D eigenvalue weighted by Gasteiger charge is -1.98. The Bertz CT molecular complexity index is 308. The molecule has 0 aromatic heterocycles. The topological polar surface area (TPSA) is 58.9 Å². The van der Waals surface area contributed by atoms with Crippen molar-refractivity contribution in [2.24, 2.45) is 10.4 Å². The zero-order chi connectivity index (χ0) is 9.14. The van der Waals surface area contributed by atoms with Gasteiger partial charge < -0.3 is 0 Å². The molecule has 1 aromatic rings. The second kappa shape index (κ2) is 3.86. The minimum atomic E-state index is 0.0133. The van der Waals surface area contributed by atoms with E-state index in [4.69, 9.17) is 0 Å². The van der Waals surface area contributed by atoms with Gasteiger partial charge in [-0.15, -0.1) is 9.81 Å². The average molecular weight is 294 g/mol. The maximum atomic E-state index is 10.3. The molecule has 0 N–H and O–H groups in total. The fraction of sp³-hybridized carbons (Fsp3) is 0. The third-order valence-electron chi connectivity index (χ3n) is 1.24. The van der Waals surface area contributed by atoms with Crippen molar-refractivity contribution in [2.45, 2.75) is 0 Å². The van der Waals surface area contributed by atoms with Crippen molar-refractivity contribution in [3.05, 3.63) is 30.9 Å². The first kappa shape index (κ1) is 9.47. The van der Waals surface area contributed by atoms with E-state index in [1.54, 1.807) is 12.1 Å². The summed E-state index contributed by atoms with van der Waals surface area (Å²) in [6.45, 7) is 0. The number of nitrogens with zero attached hydrogens (tertiary/aromatic N) is 2. The Balaban J connectivity index is 3.48. The molecule has 0 saturated heterocycles. The van der Waals surface area contributed by atoms with Crippen LogP contribution in [0.25, 0.3) is 0 Å². The molecule has 0 saturated carbocycles. The number of hydrogen-bond donors (Lipinski definition) is 0. The molecule has 0 aliphatic carbocycles. The van der Waals surface area contributed by atoms with Gasteiger partial charge in [0.05, 0.1) is 0 Å². The third kappa shape index (κ3) is 1.59. The van der Waals surface area contributed by atoms with Gasteiger partial charge in [0.15, 0.2) is 11.4 Å². The lowest BCUT2D eigenvalue weighted by Crippen LogP contribution is -1.72. The highest BCUT2D eigenvalue weighted by molar-refractivity contribution is 9.11. The number of nitroso groups, excluding NO2 is 2. The molecule has 0 aliphatic rings. The van der Waals surface area contributed by atoms with E-state index in [0.717, 1.165) is 0 Å². The Hall–Kier alpha value is -0.620. The monoisotopic (exact) mass is 292 g/mol. The standard InChI is InChI=1S/C6H2Br2N2O2/c7-3-1-2-4(8)6(10-12)5(3)9-11/h1-2H. The Morgan fingerprint density at radius 3 is 1.50 bits per heavy atom. The first-order chi connectivity index (χ1) is 5.70. The van der Waals surface area contributed by atoms with Crippen LogP contribution in [-0.4, -0.2) is 0 Å². The first-order valence-corrected chi connectivity index (χ1v) is 4.44. The van der Waals surface area contributed by atoms with Crippen LogP contribution in [0.1, 0.15) is 0 Å². The van der Waals surface area contributed by atoms with Gasteiger partial charge in [0.25, 0.3) is 0 Å². The summed E-state index contributed by atoms with van der Waals surface area (Å²) in [4.78, 5) is 20.5. The molecule has 0 bridgehead atoms. The maximum absolute atomic E-state index is 10.3. The fourth-order valence-electron chi connectivity index (χ4n) is 0.704. The number of rotatable bonds is 2. The normalized spacial score (nSPS) is 9.50. The van der Waals surface area contributed by atoms with E-state index in [1.807, 2.05) is 0 Å². The van der Waals surface area contributed by atoms with Crippen molar-refractivity contribution in [3.8, 4) is 0 Å². The van der Waals surface area contributed by atoms with Crippen molar-refractivity contribution < 1.29 is 0 Å². The molecule has 1 aromatic carbocycles. The molecular formula is C6H2Br2N2O2. The molecule has 0 atom stereocenters. The molecule has 62 valence electrons. The van der Waals surface area contributed by atoms with Crippen LogP contribution in [0.15, 0.2) is 31.4 Å². The highest BCUT2D eigenvalue weighted by atomic mass is 79.9. The van der Waals surface area contributed by atoms with Gasteiger partial charge in [0, 0.05) is 8.95 Å². The lowest BCUT2D eigenvalue weighted by molar-refractivity contribution is 1.38. The molecule has 0 spiro atoms. The van der Waals surface area contributed by atoms with Crippen molar-refractivity contribution >= 4 is 43.2 Å². The summed E-state index contributed by atoms with van der Waals surface area (Å²) in [6.07, 6.45) is 0. The number of benzene rings is 1. The highest BCUT2D eigenvalue weighted by Gasteiger charge is 2.11. The van der Waals surface area contributed by atoms with Gasteiger partial charge in [-0.3, -0.25) is 0 Å². The van der Waals surface area contributed by atoms with E-state index in [-0.39, 0.29) is 11.4 Å². The number of halogens is 2. The smallest absolute Gasteiger partial charge is 0.145 e. The molecule has 4 nitrogen and oxygen atoms in total. The van der Waals surface area contributed by atoms with E-state index >= 15 is 0 Å². The minimum Gasteiger partial charge on any atom is -0.145 e. The molecule has 0 fully saturated rings. The van der Waals surface area contributed by atoms with Gasteiger partial charge in [-0.2, -0.15) is 0 Å². The molecule has 0 heterocycles. The van der Waals surface area contributed by atoms with Crippen molar-refractivity contribution in [1.82, 2.24) is 0 Å². The molecule has 12 heavy (non-hydrogen) atoms. The highest BCUT2D eigenvalue weighted by Crippen LogP contribution is 2.40. The first-order valence-electron chi connectivity index (χ1n) is 2.85. The molecular weight excluding hydrogens is 292 g/mol. The van der Waals surface area contributed by atoms with Crippen LogP contribution in [0, 0.1) is 9.81 Å². The van der Waals surface area contributed by atoms with Crippen LogP contribution >= 0.6 is 31.9 Å². The Kier molecular flexibility index (Phi) is 3.05. The van der Waals surface area contributed by atoms with Gasteiger partial charge >= 0.3 is 0 Å². The van der Waals surface area contributed by atoms with Crippen LogP contribution in [0.4, 0.5) is 11.4 Å².